The van der Waals surface area contributed by atoms with E-state index < -0.39 is 26.1 Å². The summed E-state index contributed by atoms with van der Waals surface area (Å²) in [5.74, 6) is -0.0709. The number of nitrogen functional groups attached to an aromatic ring is 1. The van der Waals surface area contributed by atoms with Gasteiger partial charge < -0.3 is 20.3 Å². The number of ether oxygens (including phenoxy) is 1. The Labute approximate surface area is 114 Å². The van der Waals surface area contributed by atoms with Gasteiger partial charge in [0.2, 0.25) is 0 Å². The zero-order valence-electron chi connectivity index (χ0n) is 10.8. The molecule has 1 aliphatic rings. The third-order valence-electron chi connectivity index (χ3n) is 2.60. The predicted octanol–water partition coefficient (Wildman–Crippen LogP) is 0.235. The summed E-state index contributed by atoms with van der Waals surface area (Å²) in [6.45, 7) is 2.40. The standard InChI is InChI=1S/C10H14N3O6P/c1-10(2)9(14)13(5-18-20(15,16)17)8-6(19-10)3-4-7(11)12-8/h3-4H,5H2,1-2H3,(H2,11,12)(H2,15,16,17). The van der Waals surface area contributed by atoms with E-state index in [1.54, 1.807) is 0 Å². The number of phosphoric acid groups is 1. The summed E-state index contributed by atoms with van der Waals surface area (Å²) in [6.07, 6.45) is 0. The minimum absolute atomic E-state index is 0.0581. The number of rotatable bonds is 3. The lowest BCUT2D eigenvalue weighted by Crippen LogP contribution is -2.53. The number of nitrogens with zero attached hydrogens (tertiary/aromatic N) is 2. The van der Waals surface area contributed by atoms with Crippen molar-refractivity contribution in [1.82, 2.24) is 4.98 Å². The molecule has 0 aromatic carbocycles. The van der Waals surface area contributed by atoms with Gasteiger partial charge in [-0.2, -0.15) is 0 Å². The highest BCUT2D eigenvalue weighted by molar-refractivity contribution is 7.46. The van der Waals surface area contributed by atoms with Gasteiger partial charge in [-0.15, -0.1) is 0 Å². The Morgan fingerprint density at radius 1 is 1.50 bits per heavy atom. The maximum Gasteiger partial charge on any atom is 0.471 e. The first-order valence-corrected chi connectivity index (χ1v) is 7.11. The van der Waals surface area contributed by atoms with E-state index in [4.69, 9.17) is 20.3 Å². The third kappa shape index (κ3) is 2.91. The van der Waals surface area contributed by atoms with Gasteiger partial charge in [-0.3, -0.25) is 14.2 Å². The van der Waals surface area contributed by atoms with Crippen LogP contribution in [0.1, 0.15) is 13.8 Å². The Bertz CT molecular complexity index is 599. The molecule has 0 aliphatic carbocycles. The van der Waals surface area contributed by atoms with Crippen molar-refractivity contribution in [2.45, 2.75) is 19.4 Å². The highest BCUT2D eigenvalue weighted by atomic mass is 31.2. The predicted molar refractivity (Wildman–Crippen MR) is 68.8 cm³/mol. The van der Waals surface area contributed by atoms with E-state index >= 15 is 0 Å². The number of carbonyl (C=O) groups is 1. The van der Waals surface area contributed by atoms with E-state index in [1.807, 2.05) is 0 Å². The van der Waals surface area contributed by atoms with Gasteiger partial charge in [0.05, 0.1) is 0 Å². The minimum atomic E-state index is -4.72. The molecule has 4 N–H and O–H groups in total. The second-order valence-corrected chi connectivity index (χ2v) is 5.89. The summed E-state index contributed by atoms with van der Waals surface area (Å²) in [5, 5.41) is 0. The molecule has 0 atom stereocenters. The topological polar surface area (TPSA) is 135 Å². The Morgan fingerprint density at radius 2 is 2.15 bits per heavy atom. The molecular formula is C10H14N3O6P. The summed E-state index contributed by atoms with van der Waals surface area (Å²) in [6, 6.07) is 3.02. The largest absolute Gasteiger partial charge is 0.474 e. The van der Waals surface area contributed by atoms with Crippen LogP contribution in [-0.2, 0) is 13.9 Å². The second-order valence-electron chi connectivity index (χ2n) is 4.65. The van der Waals surface area contributed by atoms with Crippen LogP contribution in [0.15, 0.2) is 12.1 Å². The quantitative estimate of drug-likeness (QED) is 0.675. The molecule has 1 aromatic rings. The first kappa shape index (κ1) is 14.7. The molecule has 0 fully saturated rings. The lowest BCUT2D eigenvalue weighted by Gasteiger charge is -2.37. The van der Waals surface area contributed by atoms with Crippen molar-refractivity contribution in [3.63, 3.8) is 0 Å². The van der Waals surface area contributed by atoms with Gasteiger partial charge in [0.1, 0.15) is 12.5 Å². The molecule has 9 nitrogen and oxygen atoms in total. The second kappa shape index (κ2) is 4.71. The lowest BCUT2D eigenvalue weighted by molar-refractivity contribution is -0.133. The molecule has 0 radical (unpaired) electrons. The number of hydrogen-bond donors (Lipinski definition) is 3. The number of pyridine rings is 1. The van der Waals surface area contributed by atoms with Gasteiger partial charge >= 0.3 is 7.82 Å². The maximum absolute atomic E-state index is 12.2. The third-order valence-corrected chi connectivity index (χ3v) is 3.05. The van der Waals surface area contributed by atoms with E-state index in [-0.39, 0.29) is 17.4 Å². The fraction of sp³-hybridized carbons (Fsp3) is 0.400. The normalized spacial score (nSPS) is 17.6. The smallest absolute Gasteiger partial charge is 0.471 e. The highest BCUT2D eigenvalue weighted by Crippen LogP contribution is 2.40. The SMILES string of the molecule is CC1(C)Oc2ccc(N)nc2N(COP(=O)(O)O)C1=O. The molecule has 20 heavy (non-hydrogen) atoms. The minimum Gasteiger partial charge on any atom is -0.474 e. The van der Waals surface area contributed by atoms with Crippen LogP contribution >= 0.6 is 7.82 Å². The van der Waals surface area contributed by atoms with Crippen LogP contribution in [-0.4, -0.2) is 33.0 Å². The first-order chi connectivity index (χ1) is 9.10. The van der Waals surface area contributed by atoms with Crippen molar-refractivity contribution in [2.24, 2.45) is 0 Å². The molecule has 0 unspecified atom stereocenters. The summed E-state index contributed by atoms with van der Waals surface area (Å²) < 4.78 is 20.6. The molecule has 0 saturated heterocycles. The zero-order valence-corrected chi connectivity index (χ0v) is 11.7. The molecule has 0 saturated carbocycles. The van der Waals surface area contributed by atoms with Crippen molar-refractivity contribution < 1.29 is 28.4 Å². The van der Waals surface area contributed by atoms with Crippen molar-refractivity contribution in [1.29, 1.82) is 0 Å². The van der Waals surface area contributed by atoms with E-state index in [1.165, 1.54) is 26.0 Å². The van der Waals surface area contributed by atoms with Crippen LogP contribution < -0.4 is 15.4 Å². The lowest BCUT2D eigenvalue weighted by atomic mass is 10.1. The number of carbonyl (C=O) groups excluding carboxylic acids is 1. The molecule has 2 rings (SSSR count). The van der Waals surface area contributed by atoms with Crippen molar-refractivity contribution in [3.8, 4) is 5.75 Å². The Morgan fingerprint density at radius 3 is 2.75 bits per heavy atom. The molecule has 1 aliphatic heterocycles. The summed E-state index contributed by atoms with van der Waals surface area (Å²) in [4.78, 5) is 34.6. The van der Waals surface area contributed by atoms with Gasteiger partial charge in [-0.25, -0.2) is 9.55 Å². The molecule has 0 spiro atoms. The van der Waals surface area contributed by atoms with Gasteiger partial charge in [-0.05, 0) is 26.0 Å². The van der Waals surface area contributed by atoms with Crippen molar-refractivity contribution in [3.05, 3.63) is 12.1 Å². The number of anilines is 2. The average molecular weight is 303 g/mol. The van der Waals surface area contributed by atoms with Crippen LogP contribution in [0.2, 0.25) is 0 Å². The number of fused-ring (bicyclic) bond motifs is 1. The molecule has 10 heteroatoms. The highest BCUT2D eigenvalue weighted by Gasteiger charge is 2.42. The van der Waals surface area contributed by atoms with Crippen LogP contribution in [0.3, 0.4) is 0 Å². The number of hydrogen-bond acceptors (Lipinski definition) is 6. The molecule has 110 valence electrons. The van der Waals surface area contributed by atoms with Gasteiger partial charge in [-0.1, -0.05) is 0 Å². The van der Waals surface area contributed by atoms with E-state index in [2.05, 4.69) is 9.51 Å². The fourth-order valence-corrected chi connectivity index (χ4v) is 1.98. The molecular weight excluding hydrogens is 289 g/mol. The fourth-order valence-electron chi connectivity index (χ4n) is 1.72. The number of nitrogens with two attached hydrogens (primary N) is 1. The first-order valence-electron chi connectivity index (χ1n) is 5.58. The van der Waals surface area contributed by atoms with Crippen molar-refractivity contribution >= 4 is 25.4 Å². The number of phosphoric ester groups is 1. The zero-order chi connectivity index (χ0) is 15.1. The summed E-state index contributed by atoms with van der Waals surface area (Å²) in [7, 11) is -4.72. The Hall–Kier alpha value is -1.67. The molecule has 2 heterocycles. The Balaban J connectivity index is 2.40. The van der Waals surface area contributed by atoms with E-state index in [9.17, 15) is 9.36 Å². The number of aromatic nitrogens is 1. The molecule has 1 amide bonds. The van der Waals surface area contributed by atoms with E-state index in [0.717, 1.165) is 4.90 Å². The van der Waals surface area contributed by atoms with Gasteiger partial charge in [0, 0.05) is 0 Å². The molecule has 0 bridgehead atoms. The van der Waals surface area contributed by atoms with Crippen LogP contribution in [0.5, 0.6) is 5.75 Å². The average Bonchev–Trinajstić information content (AvgIpc) is 2.29. The van der Waals surface area contributed by atoms with Gasteiger partial charge in [0.25, 0.3) is 5.91 Å². The van der Waals surface area contributed by atoms with E-state index in [0.29, 0.717) is 0 Å². The Kier molecular flexibility index (Phi) is 3.47. The number of amides is 1. The maximum atomic E-state index is 12.2. The van der Waals surface area contributed by atoms with Gasteiger partial charge in [0.15, 0.2) is 17.2 Å². The summed E-state index contributed by atoms with van der Waals surface area (Å²) >= 11 is 0. The monoisotopic (exact) mass is 303 g/mol. The van der Waals surface area contributed by atoms with Crippen LogP contribution in [0, 0.1) is 0 Å². The van der Waals surface area contributed by atoms with Crippen LogP contribution in [0.25, 0.3) is 0 Å². The summed E-state index contributed by atoms with van der Waals surface area (Å²) in [5.41, 5.74) is 4.33. The molecule has 1 aromatic heterocycles. The van der Waals surface area contributed by atoms with Crippen LogP contribution in [0.4, 0.5) is 11.6 Å². The van der Waals surface area contributed by atoms with Crippen molar-refractivity contribution in [2.75, 3.05) is 17.4 Å².